The molecule has 0 spiro atoms. The Bertz CT molecular complexity index is 1050. The lowest BCUT2D eigenvalue weighted by atomic mass is 10.1. The molecule has 1 aliphatic heterocycles. The van der Waals surface area contributed by atoms with Crippen LogP contribution in [0.3, 0.4) is 0 Å². The molecular weight excluding hydrogens is 407 g/mol. The standard InChI is InChI=1S/C22H26Cl2N4O/c23-17-9-8-16(14-18(17)24)21(29)15-28-20-7-3-2-6-19(20)27(22(28)25)13-12-26-10-4-1-5-11-26/h2-3,6-9,14,21,25,29H,1,4-5,10-13,15H2/t21-/m0/s1. The average Bonchev–Trinajstić information content (AvgIpc) is 3.00. The lowest BCUT2D eigenvalue weighted by Crippen LogP contribution is -2.35. The number of imidazole rings is 1. The van der Waals surface area contributed by atoms with Crippen molar-refractivity contribution in [1.82, 2.24) is 14.0 Å². The maximum absolute atomic E-state index is 10.8. The maximum Gasteiger partial charge on any atom is 0.203 e. The number of nitrogens with zero attached hydrogens (tertiary/aromatic N) is 3. The van der Waals surface area contributed by atoms with Crippen LogP contribution in [-0.4, -0.2) is 38.8 Å². The van der Waals surface area contributed by atoms with E-state index >= 15 is 0 Å². The predicted octanol–water partition coefficient (Wildman–Crippen LogP) is 4.45. The van der Waals surface area contributed by atoms with E-state index in [9.17, 15) is 5.11 Å². The second-order valence-corrected chi connectivity index (χ2v) is 8.48. The highest BCUT2D eigenvalue weighted by Gasteiger charge is 2.17. The van der Waals surface area contributed by atoms with E-state index in [2.05, 4.69) is 4.90 Å². The summed E-state index contributed by atoms with van der Waals surface area (Å²) in [5, 5.41) is 20.4. The number of aromatic nitrogens is 2. The average molecular weight is 433 g/mol. The van der Waals surface area contributed by atoms with Gasteiger partial charge in [0.1, 0.15) is 0 Å². The number of benzene rings is 2. The molecule has 1 aliphatic rings. The fraction of sp³-hybridized carbons (Fsp3) is 0.409. The van der Waals surface area contributed by atoms with Gasteiger partial charge >= 0.3 is 0 Å². The van der Waals surface area contributed by atoms with Gasteiger partial charge in [0, 0.05) is 13.1 Å². The number of piperidine rings is 1. The molecule has 1 saturated heterocycles. The van der Waals surface area contributed by atoms with Gasteiger partial charge in [-0.2, -0.15) is 0 Å². The van der Waals surface area contributed by atoms with Gasteiger partial charge in [-0.1, -0.05) is 47.8 Å². The van der Waals surface area contributed by atoms with Crippen LogP contribution in [0.4, 0.5) is 0 Å². The van der Waals surface area contributed by atoms with E-state index in [1.807, 2.05) is 33.4 Å². The zero-order chi connectivity index (χ0) is 20.4. The highest BCUT2D eigenvalue weighted by atomic mass is 35.5. The summed E-state index contributed by atoms with van der Waals surface area (Å²) in [5.74, 6) is 0. The minimum absolute atomic E-state index is 0.286. The van der Waals surface area contributed by atoms with Crippen LogP contribution in [0.25, 0.3) is 11.0 Å². The summed E-state index contributed by atoms with van der Waals surface area (Å²) in [6.07, 6.45) is 3.06. The fourth-order valence-corrected chi connectivity index (χ4v) is 4.43. The molecule has 0 bridgehead atoms. The van der Waals surface area contributed by atoms with Crippen molar-refractivity contribution in [3.05, 3.63) is 63.7 Å². The van der Waals surface area contributed by atoms with Crippen molar-refractivity contribution in [2.45, 2.75) is 38.5 Å². The second kappa shape index (κ2) is 8.92. The molecule has 1 atom stereocenters. The zero-order valence-electron chi connectivity index (χ0n) is 16.3. The predicted molar refractivity (Wildman–Crippen MR) is 117 cm³/mol. The van der Waals surface area contributed by atoms with Crippen LogP contribution in [0, 0.1) is 5.41 Å². The first kappa shape index (κ1) is 20.5. The van der Waals surface area contributed by atoms with Gasteiger partial charge in [-0.3, -0.25) is 5.41 Å². The van der Waals surface area contributed by atoms with Gasteiger partial charge in [0.15, 0.2) is 0 Å². The Morgan fingerprint density at radius 1 is 0.897 bits per heavy atom. The Kier molecular flexibility index (Phi) is 6.30. The Labute approximate surface area is 180 Å². The molecule has 2 aromatic carbocycles. The molecule has 2 N–H and O–H groups in total. The van der Waals surface area contributed by atoms with Crippen LogP contribution in [0.15, 0.2) is 42.5 Å². The van der Waals surface area contributed by atoms with E-state index in [4.69, 9.17) is 28.6 Å². The summed E-state index contributed by atoms with van der Waals surface area (Å²) in [7, 11) is 0. The topological polar surface area (TPSA) is 57.2 Å². The molecule has 0 saturated carbocycles. The minimum Gasteiger partial charge on any atom is -0.387 e. The molecule has 29 heavy (non-hydrogen) atoms. The van der Waals surface area contributed by atoms with Crippen LogP contribution in [0.1, 0.15) is 30.9 Å². The fourth-order valence-electron chi connectivity index (χ4n) is 4.13. The van der Waals surface area contributed by atoms with Crippen molar-refractivity contribution < 1.29 is 5.11 Å². The van der Waals surface area contributed by atoms with Crippen LogP contribution < -0.4 is 5.62 Å². The molecular formula is C22H26Cl2N4O. The van der Waals surface area contributed by atoms with Gasteiger partial charge in [0.05, 0.1) is 33.7 Å². The Balaban J connectivity index is 1.61. The molecule has 0 radical (unpaired) electrons. The summed E-state index contributed by atoms with van der Waals surface area (Å²) < 4.78 is 3.92. The van der Waals surface area contributed by atoms with Gasteiger partial charge in [-0.25, -0.2) is 0 Å². The number of rotatable bonds is 6. The minimum atomic E-state index is -0.778. The SMILES string of the molecule is N=c1n(CCN2CCCCC2)c2ccccc2n1C[C@H](O)c1ccc(Cl)c(Cl)c1. The monoisotopic (exact) mass is 432 g/mol. The number of hydrogen-bond donors (Lipinski definition) is 2. The third-order valence-corrected chi connectivity index (χ3v) is 6.49. The van der Waals surface area contributed by atoms with E-state index in [0.717, 1.165) is 37.2 Å². The van der Waals surface area contributed by atoms with E-state index in [1.165, 1.54) is 19.3 Å². The first-order valence-electron chi connectivity index (χ1n) is 10.1. The van der Waals surface area contributed by atoms with Crippen molar-refractivity contribution in [3.8, 4) is 0 Å². The quantitative estimate of drug-likeness (QED) is 0.604. The molecule has 1 fully saturated rings. The summed E-state index contributed by atoms with van der Waals surface area (Å²) in [4.78, 5) is 2.48. The third-order valence-electron chi connectivity index (χ3n) is 5.75. The number of hydrogen-bond acceptors (Lipinski definition) is 3. The van der Waals surface area contributed by atoms with Crippen LogP contribution in [0.2, 0.25) is 10.0 Å². The first-order chi connectivity index (χ1) is 14.0. The lowest BCUT2D eigenvalue weighted by Gasteiger charge is -2.26. The summed E-state index contributed by atoms with van der Waals surface area (Å²) >= 11 is 12.1. The second-order valence-electron chi connectivity index (χ2n) is 7.67. The highest BCUT2D eigenvalue weighted by Crippen LogP contribution is 2.27. The molecule has 154 valence electrons. The third kappa shape index (κ3) is 4.38. The molecule has 0 amide bonds. The van der Waals surface area contributed by atoms with Crippen LogP contribution >= 0.6 is 23.2 Å². The van der Waals surface area contributed by atoms with E-state index in [0.29, 0.717) is 21.2 Å². The van der Waals surface area contributed by atoms with E-state index in [1.54, 1.807) is 18.2 Å². The number of nitrogens with one attached hydrogen (secondary N) is 1. The number of aliphatic hydroxyl groups excluding tert-OH is 1. The van der Waals surface area contributed by atoms with Crippen molar-refractivity contribution in [2.75, 3.05) is 19.6 Å². The summed E-state index contributed by atoms with van der Waals surface area (Å²) in [6, 6.07) is 13.2. The summed E-state index contributed by atoms with van der Waals surface area (Å²) in [6.45, 7) is 4.29. The number of fused-ring (bicyclic) bond motifs is 1. The van der Waals surface area contributed by atoms with Crippen molar-refractivity contribution in [1.29, 1.82) is 5.41 Å². The normalized spacial score (nSPS) is 16.4. The Morgan fingerprint density at radius 3 is 2.28 bits per heavy atom. The van der Waals surface area contributed by atoms with Crippen LogP contribution in [-0.2, 0) is 13.1 Å². The smallest absolute Gasteiger partial charge is 0.203 e. The van der Waals surface area contributed by atoms with Crippen molar-refractivity contribution >= 4 is 34.2 Å². The van der Waals surface area contributed by atoms with Crippen LogP contribution in [0.5, 0.6) is 0 Å². The number of aliphatic hydroxyl groups is 1. The van der Waals surface area contributed by atoms with Gasteiger partial charge in [-0.15, -0.1) is 0 Å². The molecule has 4 rings (SSSR count). The van der Waals surface area contributed by atoms with Gasteiger partial charge < -0.3 is 19.1 Å². The molecule has 3 aromatic rings. The number of para-hydroxylation sites is 2. The summed E-state index contributed by atoms with van der Waals surface area (Å²) in [5.41, 5.74) is 3.07. The van der Waals surface area contributed by atoms with Gasteiger partial charge in [-0.05, 0) is 55.8 Å². The Hall–Kier alpha value is -1.79. The number of halogens is 2. The molecule has 2 heterocycles. The molecule has 7 heteroatoms. The molecule has 0 aliphatic carbocycles. The van der Waals surface area contributed by atoms with E-state index in [-0.39, 0.29) is 6.54 Å². The van der Waals surface area contributed by atoms with E-state index < -0.39 is 6.10 Å². The first-order valence-corrected chi connectivity index (χ1v) is 10.9. The highest BCUT2D eigenvalue weighted by molar-refractivity contribution is 6.42. The largest absolute Gasteiger partial charge is 0.387 e. The number of likely N-dealkylation sites (tertiary alicyclic amines) is 1. The molecule has 1 aromatic heterocycles. The molecule has 5 nitrogen and oxygen atoms in total. The van der Waals surface area contributed by atoms with Crippen molar-refractivity contribution in [2.24, 2.45) is 0 Å². The lowest BCUT2D eigenvalue weighted by molar-refractivity contribution is 0.155. The maximum atomic E-state index is 10.8. The molecule has 0 unspecified atom stereocenters. The Morgan fingerprint density at radius 2 is 1.59 bits per heavy atom. The zero-order valence-corrected chi connectivity index (χ0v) is 17.8. The van der Waals surface area contributed by atoms with Crippen molar-refractivity contribution in [3.63, 3.8) is 0 Å². The van der Waals surface area contributed by atoms with Gasteiger partial charge in [0.2, 0.25) is 5.62 Å². The van der Waals surface area contributed by atoms with Gasteiger partial charge in [0.25, 0.3) is 0 Å².